The molecule has 4 nitrogen and oxygen atoms in total. The van der Waals surface area contributed by atoms with Gasteiger partial charge in [0, 0.05) is 18.9 Å². The van der Waals surface area contributed by atoms with Crippen LogP contribution in [0, 0.1) is 34.5 Å². The van der Waals surface area contributed by atoms with Crippen molar-refractivity contribution >= 4 is 11.8 Å². The largest absolute Gasteiger partial charge is 0.462 e. The van der Waals surface area contributed by atoms with Crippen molar-refractivity contribution in [2.45, 2.75) is 104 Å². The number of esters is 1. The van der Waals surface area contributed by atoms with E-state index in [1.807, 2.05) is 6.92 Å². The Bertz CT molecular complexity index is 799. The minimum absolute atomic E-state index is 0.00174. The first kappa shape index (κ1) is 23.6. The molecule has 4 aliphatic carbocycles. The highest BCUT2D eigenvalue weighted by molar-refractivity contribution is 5.79. The van der Waals surface area contributed by atoms with Gasteiger partial charge in [-0.1, -0.05) is 31.9 Å². The summed E-state index contributed by atoms with van der Waals surface area (Å²) in [5.74, 6) is 2.85. The molecule has 5 aliphatic rings. The van der Waals surface area contributed by atoms with Gasteiger partial charge >= 0.3 is 5.97 Å². The highest BCUT2D eigenvalue weighted by Crippen LogP contribution is 2.66. The number of fused-ring (bicyclic) bond motifs is 5. The molecule has 4 fully saturated rings. The van der Waals surface area contributed by atoms with E-state index in [0.717, 1.165) is 63.6 Å². The Morgan fingerprint density at radius 1 is 1.03 bits per heavy atom. The lowest BCUT2D eigenvalue weighted by molar-refractivity contribution is -0.152. The average Bonchev–Trinajstić information content (AvgIpc) is 3.16. The van der Waals surface area contributed by atoms with E-state index in [0.29, 0.717) is 18.1 Å². The van der Waals surface area contributed by atoms with Gasteiger partial charge in [0.05, 0.1) is 6.42 Å². The number of ether oxygens (including phenoxy) is 1. The van der Waals surface area contributed by atoms with Gasteiger partial charge in [0.2, 0.25) is 0 Å². The average molecular weight is 456 g/mol. The standard InChI is InChI=1S/C29H45NO3/c1-20(31)24-9-10-25-23-8-7-21-19-22(33-27(32)13-18-30-16-5-4-6-17-30)11-14-28(21,2)26(23)12-15-29(24,25)3/h7,22-26H,4-6,8-19H2,1-3H3/t22-,23+,24+,25+,26+,28-,29+/m0/s1. The van der Waals surface area contributed by atoms with Crippen molar-refractivity contribution in [3.05, 3.63) is 11.6 Å². The molecule has 0 unspecified atom stereocenters. The lowest BCUT2D eigenvalue weighted by Gasteiger charge is -2.58. The smallest absolute Gasteiger partial charge is 0.307 e. The maximum absolute atomic E-state index is 12.6. The number of Topliss-reactive ketones (excluding diaryl/α,β-unsaturated/α-hetero) is 1. The van der Waals surface area contributed by atoms with Gasteiger partial charge in [-0.15, -0.1) is 0 Å². The summed E-state index contributed by atoms with van der Waals surface area (Å²) in [6.07, 6.45) is 16.0. The first-order valence-corrected chi connectivity index (χ1v) is 13.9. The molecular formula is C29H45NO3. The number of carbonyl (C=O) groups excluding carboxylic acids is 2. The Balaban J connectivity index is 1.21. The monoisotopic (exact) mass is 455 g/mol. The van der Waals surface area contributed by atoms with Crippen molar-refractivity contribution in [3.63, 3.8) is 0 Å². The summed E-state index contributed by atoms with van der Waals surface area (Å²) in [6.45, 7) is 9.88. The highest BCUT2D eigenvalue weighted by atomic mass is 16.5. The molecule has 1 heterocycles. The second-order valence-corrected chi connectivity index (χ2v) is 12.6. The van der Waals surface area contributed by atoms with E-state index in [1.165, 1.54) is 38.5 Å². The van der Waals surface area contributed by atoms with Crippen molar-refractivity contribution in [1.82, 2.24) is 4.90 Å². The Morgan fingerprint density at radius 2 is 1.82 bits per heavy atom. The van der Waals surface area contributed by atoms with Crippen molar-refractivity contribution in [3.8, 4) is 0 Å². The van der Waals surface area contributed by atoms with E-state index in [9.17, 15) is 9.59 Å². The number of piperidine rings is 1. The van der Waals surface area contributed by atoms with Gasteiger partial charge in [0.1, 0.15) is 11.9 Å². The molecule has 1 aliphatic heterocycles. The minimum Gasteiger partial charge on any atom is -0.462 e. The van der Waals surface area contributed by atoms with Crippen LogP contribution in [0.2, 0.25) is 0 Å². The van der Waals surface area contributed by atoms with E-state index < -0.39 is 0 Å². The highest BCUT2D eigenvalue weighted by Gasteiger charge is 2.59. The van der Waals surface area contributed by atoms with Crippen LogP contribution in [0.3, 0.4) is 0 Å². The molecule has 7 atom stereocenters. The Labute approximate surface area is 200 Å². The molecular weight excluding hydrogens is 410 g/mol. The van der Waals surface area contributed by atoms with E-state index >= 15 is 0 Å². The lowest BCUT2D eigenvalue weighted by Crippen LogP contribution is -2.51. The van der Waals surface area contributed by atoms with Crippen LogP contribution in [0.15, 0.2) is 11.6 Å². The molecule has 0 radical (unpaired) electrons. The van der Waals surface area contributed by atoms with Gasteiger partial charge in [-0.05, 0) is 106 Å². The number of rotatable bonds is 5. The number of hydrogen-bond acceptors (Lipinski definition) is 4. The van der Waals surface area contributed by atoms with Gasteiger partial charge < -0.3 is 9.64 Å². The maximum Gasteiger partial charge on any atom is 0.307 e. The fraction of sp³-hybridized carbons (Fsp3) is 0.862. The molecule has 0 spiro atoms. The summed E-state index contributed by atoms with van der Waals surface area (Å²) in [5, 5.41) is 0. The third kappa shape index (κ3) is 4.23. The van der Waals surface area contributed by atoms with Crippen molar-refractivity contribution in [1.29, 1.82) is 0 Å². The Morgan fingerprint density at radius 3 is 2.58 bits per heavy atom. The molecule has 0 aromatic rings. The first-order valence-electron chi connectivity index (χ1n) is 13.9. The Kier molecular flexibility index (Phi) is 6.52. The number of hydrogen-bond donors (Lipinski definition) is 0. The number of carbonyl (C=O) groups is 2. The first-order chi connectivity index (χ1) is 15.8. The molecule has 0 N–H and O–H groups in total. The van der Waals surface area contributed by atoms with Crippen LogP contribution >= 0.6 is 0 Å². The fourth-order valence-electron chi connectivity index (χ4n) is 9.07. The second-order valence-electron chi connectivity index (χ2n) is 12.6. The van der Waals surface area contributed by atoms with Crippen LogP contribution in [-0.2, 0) is 14.3 Å². The topological polar surface area (TPSA) is 46.6 Å². The molecule has 1 saturated heterocycles. The maximum atomic E-state index is 12.6. The molecule has 0 amide bonds. The van der Waals surface area contributed by atoms with E-state index in [1.54, 1.807) is 5.57 Å². The molecule has 5 rings (SSSR count). The number of allylic oxidation sites excluding steroid dienone is 1. The lowest BCUT2D eigenvalue weighted by atomic mass is 9.47. The number of ketones is 1. The van der Waals surface area contributed by atoms with Crippen LogP contribution in [0.5, 0.6) is 0 Å². The second kappa shape index (κ2) is 9.13. The summed E-state index contributed by atoms with van der Waals surface area (Å²) in [6, 6.07) is 0. The number of likely N-dealkylation sites (tertiary alicyclic amines) is 1. The van der Waals surface area contributed by atoms with Crippen LogP contribution in [0.1, 0.15) is 97.8 Å². The van der Waals surface area contributed by atoms with Gasteiger partial charge in [-0.2, -0.15) is 0 Å². The molecule has 184 valence electrons. The number of nitrogens with zero attached hydrogens (tertiary/aromatic N) is 1. The summed E-state index contributed by atoms with van der Waals surface area (Å²) in [4.78, 5) is 27.4. The van der Waals surface area contributed by atoms with E-state index in [2.05, 4.69) is 24.8 Å². The summed E-state index contributed by atoms with van der Waals surface area (Å²) >= 11 is 0. The molecule has 33 heavy (non-hydrogen) atoms. The molecule has 0 bridgehead atoms. The zero-order valence-electron chi connectivity index (χ0n) is 21.2. The van der Waals surface area contributed by atoms with E-state index in [4.69, 9.17) is 4.74 Å². The SMILES string of the molecule is CC(=O)[C@H]1CC[C@@H]2[C@H]3CC=C4C[C@@H](OC(=O)CCN5CCCCC5)CC[C@]4(C)[C@@H]3CC[C@]12C. The predicted molar refractivity (Wildman–Crippen MR) is 131 cm³/mol. The summed E-state index contributed by atoms with van der Waals surface area (Å²) in [5.41, 5.74) is 2.04. The van der Waals surface area contributed by atoms with Crippen LogP contribution < -0.4 is 0 Å². The molecule has 3 saturated carbocycles. The van der Waals surface area contributed by atoms with Crippen LogP contribution in [0.4, 0.5) is 0 Å². The predicted octanol–water partition coefficient (Wildman–Crippen LogP) is 5.94. The van der Waals surface area contributed by atoms with Gasteiger partial charge in [-0.25, -0.2) is 0 Å². The van der Waals surface area contributed by atoms with Crippen LogP contribution in [-0.4, -0.2) is 42.4 Å². The summed E-state index contributed by atoms with van der Waals surface area (Å²) in [7, 11) is 0. The third-order valence-corrected chi connectivity index (χ3v) is 10.9. The van der Waals surface area contributed by atoms with Crippen molar-refractivity contribution < 1.29 is 14.3 Å². The zero-order valence-corrected chi connectivity index (χ0v) is 21.2. The quantitative estimate of drug-likeness (QED) is 0.380. The minimum atomic E-state index is -0.00174. The normalized spacial score (nSPS) is 43.1. The van der Waals surface area contributed by atoms with Crippen molar-refractivity contribution in [2.75, 3.05) is 19.6 Å². The molecule has 0 aromatic carbocycles. The summed E-state index contributed by atoms with van der Waals surface area (Å²) < 4.78 is 5.99. The third-order valence-electron chi connectivity index (χ3n) is 10.9. The molecule has 0 aromatic heterocycles. The van der Waals surface area contributed by atoms with Crippen molar-refractivity contribution in [2.24, 2.45) is 34.5 Å². The molecule has 4 heteroatoms. The fourth-order valence-corrected chi connectivity index (χ4v) is 9.07. The van der Waals surface area contributed by atoms with Gasteiger partial charge in [-0.3, -0.25) is 9.59 Å². The van der Waals surface area contributed by atoms with Crippen LogP contribution in [0.25, 0.3) is 0 Å². The van der Waals surface area contributed by atoms with Gasteiger partial charge in [0.25, 0.3) is 0 Å². The van der Waals surface area contributed by atoms with Gasteiger partial charge in [0.15, 0.2) is 0 Å². The van der Waals surface area contributed by atoms with E-state index in [-0.39, 0.29) is 28.8 Å². The zero-order chi connectivity index (χ0) is 23.2. The Hall–Kier alpha value is -1.16.